The maximum Gasteiger partial charge on any atom is 0.270 e. The van der Waals surface area contributed by atoms with Crippen LogP contribution in [-0.4, -0.2) is 34.6 Å². The SMILES string of the molecule is Cn1cc(N2CCCC(ON=Cc3ccc(Br)cc3)C2=O)cn1. The van der Waals surface area contributed by atoms with E-state index >= 15 is 0 Å². The highest BCUT2D eigenvalue weighted by molar-refractivity contribution is 9.10. The third-order valence-corrected chi connectivity index (χ3v) is 4.18. The van der Waals surface area contributed by atoms with Gasteiger partial charge in [-0.2, -0.15) is 5.10 Å². The molecule has 1 aliphatic rings. The fourth-order valence-corrected chi connectivity index (χ4v) is 2.72. The van der Waals surface area contributed by atoms with Crippen molar-refractivity contribution < 1.29 is 9.63 Å². The summed E-state index contributed by atoms with van der Waals surface area (Å²) in [5, 5.41) is 8.08. The number of aromatic nitrogens is 2. The van der Waals surface area contributed by atoms with Crippen LogP contribution in [0.3, 0.4) is 0 Å². The van der Waals surface area contributed by atoms with Crippen molar-refractivity contribution in [3.8, 4) is 0 Å². The van der Waals surface area contributed by atoms with Gasteiger partial charge in [-0.15, -0.1) is 0 Å². The highest BCUT2D eigenvalue weighted by atomic mass is 79.9. The van der Waals surface area contributed by atoms with Crippen LogP contribution in [0.4, 0.5) is 5.69 Å². The third-order valence-electron chi connectivity index (χ3n) is 3.65. The first-order chi connectivity index (χ1) is 11.1. The summed E-state index contributed by atoms with van der Waals surface area (Å²) in [5.41, 5.74) is 1.71. The number of benzene rings is 1. The lowest BCUT2D eigenvalue weighted by Gasteiger charge is -2.29. The zero-order valence-electron chi connectivity index (χ0n) is 12.7. The van der Waals surface area contributed by atoms with Crippen LogP contribution in [0.25, 0.3) is 0 Å². The summed E-state index contributed by atoms with van der Waals surface area (Å²) in [4.78, 5) is 19.6. The molecule has 23 heavy (non-hydrogen) atoms. The van der Waals surface area contributed by atoms with Gasteiger partial charge in [0.2, 0.25) is 6.10 Å². The minimum absolute atomic E-state index is 0.0720. The van der Waals surface area contributed by atoms with Crippen molar-refractivity contribution in [2.45, 2.75) is 18.9 Å². The van der Waals surface area contributed by atoms with Crippen molar-refractivity contribution in [3.05, 3.63) is 46.7 Å². The molecule has 1 unspecified atom stereocenters. The first kappa shape index (κ1) is 15.7. The van der Waals surface area contributed by atoms with Gasteiger partial charge in [-0.3, -0.25) is 9.48 Å². The third kappa shape index (κ3) is 3.79. The Kier molecular flexibility index (Phi) is 4.76. The number of oxime groups is 1. The average Bonchev–Trinajstić information content (AvgIpc) is 2.97. The highest BCUT2D eigenvalue weighted by Crippen LogP contribution is 2.22. The number of aryl methyl sites for hydroxylation is 1. The maximum absolute atomic E-state index is 12.5. The molecule has 1 fully saturated rings. The van der Waals surface area contributed by atoms with E-state index < -0.39 is 6.10 Å². The van der Waals surface area contributed by atoms with Crippen LogP contribution in [0.2, 0.25) is 0 Å². The van der Waals surface area contributed by atoms with Crippen molar-refractivity contribution >= 4 is 33.7 Å². The molecule has 0 bridgehead atoms. The number of halogens is 1. The van der Waals surface area contributed by atoms with E-state index in [-0.39, 0.29) is 5.91 Å². The van der Waals surface area contributed by atoms with Gasteiger partial charge in [0.1, 0.15) is 0 Å². The molecule has 2 heterocycles. The number of carbonyl (C=O) groups is 1. The number of nitrogens with zero attached hydrogens (tertiary/aromatic N) is 4. The topological polar surface area (TPSA) is 59.7 Å². The van der Waals surface area contributed by atoms with E-state index in [1.54, 1.807) is 22.0 Å². The zero-order valence-corrected chi connectivity index (χ0v) is 14.3. The van der Waals surface area contributed by atoms with Crippen LogP contribution < -0.4 is 4.90 Å². The van der Waals surface area contributed by atoms with E-state index in [0.717, 1.165) is 22.1 Å². The van der Waals surface area contributed by atoms with E-state index in [9.17, 15) is 4.79 Å². The van der Waals surface area contributed by atoms with Gasteiger partial charge in [-0.1, -0.05) is 33.2 Å². The van der Waals surface area contributed by atoms with Crippen LogP contribution >= 0.6 is 15.9 Å². The number of carbonyl (C=O) groups excluding carboxylic acids is 1. The molecule has 7 heteroatoms. The molecule has 0 N–H and O–H groups in total. The summed E-state index contributed by atoms with van der Waals surface area (Å²) in [6, 6.07) is 7.69. The molecule has 1 atom stereocenters. The van der Waals surface area contributed by atoms with Gasteiger partial charge >= 0.3 is 0 Å². The first-order valence-corrected chi connectivity index (χ1v) is 8.17. The molecule has 1 aromatic carbocycles. The highest BCUT2D eigenvalue weighted by Gasteiger charge is 2.32. The molecule has 1 aliphatic heterocycles. The fourth-order valence-electron chi connectivity index (χ4n) is 2.46. The molecule has 0 spiro atoms. The summed E-state index contributed by atoms with van der Waals surface area (Å²) in [6.07, 6.45) is 6.13. The Morgan fingerprint density at radius 3 is 2.87 bits per heavy atom. The maximum atomic E-state index is 12.5. The van der Waals surface area contributed by atoms with E-state index in [1.807, 2.05) is 37.5 Å². The number of anilines is 1. The van der Waals surface area contributed by atoms with Crippen LogP contribution in [0.1, 0.15) is 18.4 Å². The second kappa shape index (κ2) is 6.95. The molecule has 0 aliphatic carbocycles. The van der Waals surface area contributed by atoms with Crippen molar-refractivity contribution in [2.24, 2.45) is 12.2 Å². The molecule has 1 saturated heterocycles. The average molecular weight is 377 g/mol. The molecular weight excluding hydrogens is 360 g/mol. The van der Waals surface area contributed by atoms with Crippen molar-refractivity contribution in [3.63, 3.8) is 0 Å². The van der Waals surface area contributed by atoms with Gasteiger partial charge < -0.3 is 9.74 Å². The summed E-state index contributed by atoms with van der Waals surface area (Å²) < 4.78 is 2.68. The van der Waals surface area contributed by atoms with Crippen molar-refractivity contribution in [1.82, 2.24) is 9.78 Å². The normalized spacial score (nSPS) is 18.6. The van der Waals surface area contributed by atoms with E-state index in [1.165, 1.54) is 0 Å². The largest absolute Gasteiger partial charge is 0.382 e. The lowest BCUT2D eigenvalue weighted by atomic mass is 10.1. The monoisotopic (exact) mass is 376 g/mol. The molecule has 2 aromatic rings. The van der Waals surface area contributed by atoms with Gasteiger partial charge in [-0.05, 0) is 30.5 Å². The number of piperidine rings is 1. The number of amides is 1. The lowest BCUT2D eigenvalue weighted by molar-refractivity contribution is -0.132. The quantitative estimate of drug-likeness (QED) is 0.608. The van der Waals surface area contributed by atoms with Gasteiger partial charge in [0.25, 0.3) is 5.91 Å². The van der Waals surface area contributed by atoms with Crippen molar-refractivity contribution in [1.29, 1.82) is 0 Å². The Bertz CT molecular complexity index is 711. The minimum atomic E-state index is -0.546. The summed E-state index contributed by atoms with van der Waals surface area (Å²) in [5.74, 6) is -0.0720. The Balaban J connectivity index is 1.63. The van der Waals surface area contributed by atoms with Crippen LogP contribution in [-0.2, 0) is 16.7 Å². The van der Waals surface area contributed by atoms with Crippen LogP contribution in [0.5, 0.6) is 0 Å². The zero-order chi connectivity index (χ0) is 16.2. The van der Waals surface area contributed by atoms with Gasteiger partial charge in [-0.25, -0.2) is 0 Å². The molecule has 6 nitrogen and oxygen atoms in total. The summed E-state index contributed by atoms with van der Waals surface area (Å²) in [7, 11) is 1.83. The fraction of sp³-hybridized carbons (Fsp3) is 0.312. The van der Waals surface area contributed by atoms with Gasteiger partial charge in [0.15, 0.2) is 0 Å². The van der Waals surface area contributed by atoms with Crippen LogP contribution in [0, 0.1) is 0 Å². The number of hydrogen-bond donors (Lipinski definition) is 0. The molecular formula is C16H17BrN4O2. The minimum Gasteiger partial charge on any atom is -0.382 e. The van der Waals surface area contributed by atoms with Crippen molar-refractivity contribution in [2.75, 3.05) is 11.4 Å². The molecule has 3 rings (SSSR count). The smallest absolute Gasteiger partial charge is 0.270 e. The number of hydrogen-bond acceptors (Lipinski definition) is 4. The number of rotatable bonds is 4. The Hall–Kier alpha value is -2.15. The Labute approximate surface area is 142 Å². The van der Waals surface area contributed by atoms with E-state index in [4.69, 9.17) is 4.84 Å². The Morgan fingerprint density at radius 1 is 1.39 bits per heavy atom. The van der Waals surface area contributed by atoms with E-state index in [2.05, 4.69) is 26.2 Å². The second-order valence-electron chi connectivity index (χ2n) is 5.38. The predicted molar refractivity (Wildman–Crippen MR) is 91.4 cm³/mol. The van der Waals surface area contributed by atoms with Crippen LogP contribution in [0.15, 0.2) is 46.3 Å². The van der Waals surface area contributed by atoms with Gasteiger partial charge in [0.05, 0.1) is 18.1 Å². The second-order valence-corrected chi connectivity index (χ2v) is 6.30. The molecule has 1 amide bonds. The molecule has 0 radical (unpaired) electrons. The first-order valence-electron chi connectivity index (χ1n) is 7.38. The Morgan fingerprint density at radius 2 is 2.17 bits per heavy atom. The molecule has 120 valence electrons. The molecule has 1 aromatic heterocycles. The van der Waals surface area contributed by atoms with E-state index in [0.29, 0.717) is 13.0 Å². The lowest BCUT2D eigenvalue weighted by Crippen LogP contribution is -2.44. The summed E-state index contributed by atoms with van der Waals surface area (Å²) in [6.45, 7) is 0.681. The molecule has 0 saturated carbocycles. The standard InChI is InChI=1S/C16H17BrN4O2/c1-20-11-14(10-18-20)21-8-2-3-15(16(21)22)23-19-9-12-4-6-13(17)7-5-12/h4-7,9-11,15H,2-3,8H2,1H3. The van der Waals surface area contributed by atoms with Gasteiger partial charge in [0, 0.05) is 24.3 Å². The summed E-state index contributed by atoms with van der Waals surface area (Å²) >= 11 is 3.38. The predicted octanol–water partition coefficient (Wildman–Crippen LogP) is 2.73.